The van der Waals surface area contributed by atoms with Gasteiger partial charge >= 0.3 is 0 Å². The standard InChI is InChI=1S/C17H21ClN4S/c18-15-9-5-4-6-13(15)12-22-11-10-16(21-22)20-17(23)19-14-7-2-1-3-8-14/h4-6,9-11,14H,1-3,7-8,12H2,(H2,19,20,21,23). The molecule has 0 saturated heterocycles. The van der Waals surface area contributed by atoms with Crippen LogP contribution in [-0.4, -0.2) is 20.9 Å². The van der Waals surface area contributed by atoms with Gasteiger partial charge in [-0.2, -0.15) is 5.10 Å². The lowest BCUT2D eigenvalue weighted by molar-refractivity contribution is 0.415. The number of aromatic nitrogens is 2. The average molecular weight is 349 g/mol. The summed E-state index contributed by atoms with van der Waals surface area (Å²) in [5.74, 6) is 0.755. The summed E-state index contributed by atoms with van der Waals surface area (Å²) < 4.78 is 1.85. The van der Waals surface area contributed by atoms with Crippen molar-refractivity contribution in [2.75, 3.05) is 5.32 Å². The first-order valence-electron chi connectivity index (χ1n) is 8.05. The molecular weight excluding hydrogens is 328 g/mol. The molecule has 4 nitrogen and oxygen atoms in total. The van der Waals surface area contributed by atoms with Gasteiger partial charge in [0.15, 0.2) is 10.9 Å². The highest BCUT2D eigenvalue weighted by atomic mass is 35.5. The molecule has 0 atom stereocenters. The van der Waals surface area contributed by atoms with Gasteiger partial charge in [0.2, 0.25) is 0 Å². The Bertz CT molecular complexity index is 664. The van der Waals surface area contributed by atoms with E-state index in [1.807, 2.05) is 41.2 Å². The van der Waals surface area contributed by atoms with Gasteiger partial charge in [0.1, 0.15) is 0 Å². The minimum atomic E-state index is 0.494. The predicted molar refractivity (Wildman–Crippen MR) is 99.0 cm³/mol. The van der Waals surface area contributed by atoms with Gasteiger partial charge < -0.3 is 10.6 Å². The van der Waals surface area contributed by atoms with E-state index >= 15 is 0 Å². The average Bonchev–Trinajstić information content (AvgIpc) is 2.97. The van der Waals surface area contributed by atoms with Crippen molar-refractivity contribution >= 4 is 34.7 Å². The van der Waals surface area contributed by atoms with Gasteiger partial charge in [0.05, 0.1) is 6.54 Å². The highest BCUT2D eigenvalue weighted by Crippen LogP contribution is 2.18. The van der Waals surface area contributed by atoms with Crippen LogP contribution in [-0.2, 0) is 6.54 Å². The second kappa shape index (κ2) is 7.79. The SMILES string of the molecule is S=C(Nc1ccn(Cc2ccccc2Cl)n1)NC1CCCCC1. The summed E-state index contributed by atoms with van der Waals surface area (Å²) in [4.78, 5) is 0. The maximum absolute atomic E-state index is 6.19. The van der Waals surface area contributed by atoms with Crippen molar-refractivity contribution in [1.29, 1.82) is 0 Å². The van der Waals surface area contributed by atoms with Crippen LogP contribution in [0.5, 0.6) is 0 Å². The third kappa shape index (κ3) is 4.69. The second-order valence-electron chi connectivity index (χ2n) is 5.92. The van der Waals surface area contributed by atoms with E-state index in [-0.39, 0.29) is 0 Å². The normalized spacial score (nSPS) is 15.3. The molecular formula is C17H21ClN4S. The van der Waals surface area contributed by atoms with E-state index in [1.54, 1.807) is 0 Å². The van der Waals surface area contributed by atoms with E-state index in [0.717, 1.165) is 16.4 Å². The third-order valence-corrected chi connectivity index (χ3v) is 4.70. The zero-order valence-electron chi connectivity index (χ0n) is 13.0. The number of nitrogens with zero attached hydrogens (tertiary/aromatic N) is 2. The van der Waals surface area contributed by atoms with Gasteiger partial charge in [-0.05, 0) is 36.7 Å². The number of rotatable bonds is 4. The molecule has 1 aliphatic carbocycles. The Morgan fingerprint density at radius 3 is 2.78 bits per heavy atom. The van der Waals surface area contributed by atoms with E-state index in [4.69, 9.17) is 23.8 Å². The third-order valence-electron chi connectivity index (χ3n) is 4.11. The molecule has 1 fully saturated rings. The molecule has 0 spiro atoms. The van der Waals surface area contributed by atoms with E-state index in [1.165, 1.54) is 32.1 Å². The van der Waals surface area contributed by atoms with Crippen LogP contribution in [0.2, 0.25) is 5.02 Å². The molecule has 2 aromatic rings. The number of benzene rings is 1. The van der Waals surface area contributed by atoms with Gasteiger partial charge in [-0.3, -0.25) is 4.68 Å². The summed E-state index contributed by atoms with van der Waals surface area (Å²) in [7, 11) is 0. The minimum absolute atomic E-state index is 0.494. The maximum atomic E-state index is 6.19. The van der Waals surface area contributed by atoms with Gasteiger partial charge in [-0.1, -0.05) is 49.1 Å². The molecule has 0 bridgehead atoms. The Hall–Kier alpha value is -1.59. The van der Waals surface area contributed by atoms with Crippen LogP contribution in [0.4, 0.5) is 5.82 Å². The van der Waals surface area contributed by atoms with Crippen LogP contribution < -0.4 is 10.6 Å². The highest BCUT2D eigenvalue weighted by molar-refractivity contribution is 7.80. The largest absolute Gasteiger partial charge is 0.360 e. The minimum Gasteiger partial charge on any atom is -0.360 e. The summed E-state index contributed by atoms with van der Waals surface area (Å²) in [6.07, 6.45) is 8.23. The lowest BCUT2D eigenvalue weighted by atomic mass is 9.96. The summed E-state index contributed by atoms with van der Waals surface area (Å²) in [5, 5.41) is 12.5. The van der Waals surface area contributed by atoms with Crippen LogP contribution in [0.1, 0.15) is 37.7 Å². The Morgan fingerprint density at radius 2 is 2.00 bits per heavy atom. The molecule has 3 rings (SSSR count). The first kappa shape index (κ1) is 16.3. The molecule has 0 aliphatic heterocycles. The number of hydrogen-bond acceptors (Lipinski definition) is 2. The number of nitrogens with one attached hydrogen (secondary N) is 2. The molecule has 0 amide bonds. The fourth-order valence-electron chi connectivity index (χ4n) is 2.90. The summed E-state index contributed by atoms with van der Waals surface area (Å²) in [6, 6.07) is 10.2. The number of hydrogen-bond donors (Lipinski definition) is 2. The summed E-state index contributed by atoms with van der Waals surface area (Å²) in [6.45, 7) is 0.643. The van der Waals surface area contributed by atoms with Crippen LogP contribution in [0.3, 0.4) is 0 Å². The molecule has 122 valence electrons. The topological polar surface area (TPSA) is 41.9 Å². The summed E-state index contributed by atoms with van der Waals surface area (Å²) in [5.41, 5.74) is 1.05. The number of thiocarbonyl (C=S) groups is 1. The lowest BCUT2D eigenvalue weighted by Crippen LogP contribution is -2.38. The van der Waals surface area contributed by atoms with Gasteiger partial charge in [-0.15, -0.1) is 0 Å². The molecule has 1 aromatic heterocycles. The van der Waals surface area contributed by atoms with Crippen molar-refractivity contribution < 1.29 is 0 Å². The summed E-state index contributed by atoms with van der Waals surface area (Å²) >= 11 is 11.6. The Balaban J connectivity index is 1.54. The van der Waals surface area contributed by atoms with Crippen LogP contribution >= 0.6 is 23.8 Å². The molecule has 0 unspecified atom stereocenters. The maximum Gasteiger partial charge on any atom is 0.172 e. The van der Waals surface area contributed by atoms with Crippen molar-refractivity contribution in [2.45, 2.75) is 44.7 Å². The lowest BCUT2D eigenvalue weighted by Gasteiger charge is -2.24. The Labute approximate surface area is 147 Å². The second-order valence-corrected chi connectivity index (χ2v) is 6.74. The first-order chi connectivity index (χ1) is 11.2. The van der Waals surface area contributed by atoms with Crippen LogP contribution in [0.15, 0.2) is 36.5 Å². The molecule has 1 saturated carbocycles. The Kier molecular flexibility index (Phi) is 5.51. The van der Waals surface area contributed by atoms with Crippen molar-refractivity contribution in [2.24, 2.45) is 0 Å². The molecule has 1 heterocycles. The molecule has 0 radical (unpaired) electrons. The zero-order chi connectivity index (χ0) is 16.1. The Morgan fingerprint density at radius 1 is 1.22 bits per heavy atom. The number of halogens is 1. The van der Waals surface area contributed by atoms with Gasteiger partial charge in [-0.25, -0.2) is 0 Å². The highest BCUT2D eigenvalue weighted by Gasteiger charge is 2.14. The van der Waals surface area contributed by atoms with Crippen LogP contribution in [0, 0.1) is 0 Å². The van der Waals surface area contributed by atoms with E-state index in [0.29, 0.717) is 17.7 Å². The first-order valence-corrected chi connectivity index (χ1v) is 8.84. The number of anilines is 1. The monoisotopic (exact) mass is 348 g/mol. The van der Waals surface area contributed by atoms with Crippen LogP contribution in [0.25, 0.3) is 0 Å². The van der Waals surface area contributed by atoms with E-state index in [2.05, 4.69) is 15.7 Å². The molecule has 23 heavy (non-hydrogen) atoms. The molecule has 6 heteroatoms. The van der Waals surface area contributed by atoms with Gasteiger partial charge in [0.25, 0.3) is 0 Å². The quantitative estimate of drug-likeness (QED) is 0.812. The fourth-order valence-corrected chi connectivity index (χ4v) is 3.37. The smallest absolute Gasteiger partial charge is 0.172 e. The predicted octanol–water partition coefficient (Wildman–Crippen LogP) is 4.20. The zero-order valence-corrected chi connectivity index (χ0v) is 14.5. The van der Waals surface area contributed by atoms with E-state index < -0.39 is 0 Å². The fraction of sp³-hybridized carbons (Fsp3) is 0.412. The molecule has 1 aliphatic rings. The van der Waals surface area contributed by atoms with Crippen molar-refractivity contribution in [1.82, 2.24) is 15.1 Å². The van der Waals surface area contributed by atoms with Crippen molar-refractivity contribution in [3.8, 4) is 0 Å². The van der Waals surface area contributed by atoms with Gasteiger partial charge in [0, 0.05) is 23.3 Å². The molecule has 1 aromatic carbocycles. The molecule has 2 N–H and O–H groups in total. The van der Waals surface area contributed by atoms with E-state index in [9.17, 15) is 0 Å². The van der Waals surface area contributed by atoms with Crippen molar-refractivity contribution in [3.05, 3.63) is 47.1 Å². The van der Waals surface area contributed by atoms with Crippen molar-refractivity contribution in [3.63, 3.8) is 0 Å².